The highest BCUT2D eigenvalue weighted by Crippen LogP contribution is 2.61. The Morgan fingerprint density at radius 3 is 2.78 bits per heavy atom. The summed E-state index contributed by atoms with van der Waals surface area (Å²) in [5.41, 5.74) is 0.584. The summed E-state index contributed by atoms with van der Waals surface area (Å²) in [6.45, 7) is 8.24. The molecular weight excluding hydrogens is 222 g/mol. The molecule has 3 heteroatoms. The van der Waals surface area contributed by atoms with Gasteiger partial charge in [0.15, 0.2) is 0 Å². The molecule has 0 aliphatic heterocycles. The van der Waals surface area contributed by atoms with E-state index in [0.717, 1.165) is 30.1 Å². The van der Waals surface area contributed by atoms with Crippen LogP contribution in [0.1, 0.15) is 39.4 Å². The average molecular weight is 247 g/mol. The lowest BCUT2D eigenvalue weighted by molar-refractivity contribution is -0.115. The second-order valence-electron chi connectivity index (χ2n) is 6.90. The van der Waals surface area contributed by atoms with Crippen LogP contribution in [0.3, 0.4) is 0 Å². The molecular formula is C15H25N3. The third kappa shape index (κ3) is 1.71. The van der Waals surface area contributed by atoms with Crippen LogP contribution in [0, 0.1) is 23.2 Å². The number of aryl methyl sites for hydroxylation is 1. The largest absolute Gasteiger partial charge is 0.337 e. The predicted octanol–water partition coefficient (Wildman–Crippen LogP) is 2.58. The van der Waals surface area contributed by atoms with Crippen LogP contribution in [-0.4, -0.2) is 15.6 Å². The van der Waals surface area contributed by atoms with Crippen LogP contribution in [0.2, 0.25) is 0 Å². The van der Waals surface area contributed by atoms with Crippen molar-refractivity contribution in [3.05, 3.63) is 18.2 Å². The van der Waals surface area contributed by atoms with Crippen LogP contribution in [0.15, 0.2) is 12.4 Å². The molecule has 3 aliphatic rings. The molecule has 3 aliphatic carbocycles. The van der Waals surface area contributed by atoms with E-state index >= 15 is 0 Å². The molecule has 0 spiro atoms. The number of nitrogens with zero attached hydrogens (tertiary/aromatic N) is 2. The number of imidazole rings is 1. The van der Waals surface area contributed by atoms with Crippen molar-refractivity contribution < 1.29 is 0 Å². The van der Waals surface area contributed by atoms with Gasteiger partial charge in [0.2, 0.25) is 0 Å². The summed E-state index contributed by atoms with van der Waals surface area (Å²) in [6.07, 6.45) is 6.69. The lowest BCUT2D eigenvalue weighted by atomic mass is 9.45. The van der Waals surface area contributed by atoms with Crippen molar-refractivity contribution in [3.8, 4) is 0 Å². The minimum Gasteiger partial charge on any atom is -0.337 e. The second-order valence-corrected chi connectivity index (χ2v) is 6.90. The third-order valence-electron chi connectivity index (χ3n) is 5.80. The van der Waals surface area contributed by atoms with Crippen molar-refractivity contribution in [2.75, 3.05) is 0 Å². The van der Waals surface area contributed by atoms with Gasteiger partial charge in [-0.2, -0.15) is 0 Å². The van der Waals surface area contributed by atoms with Gasteiger partial charge in [-0.25, -0.2) is 4.98 Å². The van der Waals surface area contributed by atoms with E-state index in [1.807, 2.05) is 12.4 Å². The van der Waals surface area contributed by atoms with Gasteiger partial charge in [0.1, 0.15) is 5.82 Å². The SMILES string of the molecule is C[C@@H]1[C@@H](NCc2nccn2C)CC2C[C@@H]1C2(C)C. The van der Waals surface area contributed by atoms with Gasteiger partial charge in [-0.1, -0.05) is 20.8 Å². The molecule has 0 radical (unpaired) electrons. The van der Waals surface area contributed by atoms with Crippen molar-refractivity contribution in [2.24, 2.45) is 30.2 Å². The maximum atomic E-state index is 4.38. The molecule has 0 aromatic carbocycles. The summed E-state index contributed by atoms with van der Waals surface area (Å²) in [5, 5.41) is 3.73. The minimum atomic E-state index is 0.584. The van der Waals surface area contributed by atoms with Gasteiger partial charge in [-0.05, 0) is 36.0 Å². The Morgan fingerprint density at radius 1 is 1.44 bits per heavy atom. The Hall–Kier alpha value is -0.830. The molecule has 0 amide bonds. The van der Waals surface area contributed by atoms with Crippen LogP contribution in [0.4, 0.5) is 0 Å². The van der Waals surface area contributed by atoms with Crippen LogP contribution >= 0.6 is 0 Å². The second kappa shape index (κ2) is 4.09. The van der Waals surface area contributed by atoms with Crippen LogP contribution in [-0.2, 0) is 13.6 Å². The maximum absolute atomic E-state index is 4.38. The number of hydrogen-bond donors (Lipinski definition) is 1. The molecule has 1 heterocycles. The van der Waals surface area contributed by atoms with E-state index < -0.39 is 0 Å². The summed E-state index contributed by atoms with van der Waals surface area (Å²) in [6, 6.07) is 0.679. The molecule has 1 aromatic rings. The highest BCUT2D eigenvalue weighted by atomic mass is 15.1. The van der Waals surface area contributed by atoms with Crippen molar-refractivity contribution in [2.45, 2.75) is 46.2 Å². The van der Waals surface area contributed by atoms with Gasteiger partial charge in [-0.15, -0.1) is 0 Å². The van der Waals surface area contributed by atoms with Crippen molar-refractivity contribution in [1.82, 2.24) is 14.9 Å². The summed E-state index contributed by atoms with van der Waals surface area (Å²) < 4.78 is 2.10. The Morgan fingerprint density at radius 2 is 2.22 bits per heavy atom. The van der Waals surface area contributed by atoms with Gasteiger partial charge in [-0.3, -0.25) is 0 Å². The van der Waals surface area contributed by atoms with Gasteiger partial charge in [0.05, 0.1) is 6.54 Å². The number of aromatic nitrogens is 2. The fraction of sp³-hybridized carbons (Fsp3) is 0.800. The Balaban J connectivity index is 1.61. The van der Waals surface area contributed by atoms with Crippen molar-refractivity contribution in [1.29, 1.82) is 0 Å². The third-order valence-corrected chi connectivity index (χ3v) is 5.80. The Bertz CT molecular complexity index is 435. The van der Waals surface area contributed by atoms with E-state index in [9.17, 15) is 0 Å². The molecule has 0 saturated heterocycles. The lowest BCUT2D eigenvalue weighted by Gasteiger charge is -2.62. The van der Waals surface area contributed by atoms with E-state index in [-0.39, 0.29) is 0 Å². The number of hydrogen-bond acceptors (Lipinski definition) is 2. The monoisotopic (exact) mass is 247 g/mol. The van der Waals surface area contributed by atoms with Gasteiger partial charge >= 0.3 is 0 Å². The standard InChI is InChI=1S/C15H25N3/c1-10-12-7-11(15(12,2)3)8-13(10)17-9-14-16-5-6-18(14)4/h5-6,10-13,17H,7-9H2,1-4H3/t10-,11?,12-,13-/m0/s1. The Labute approximate surface area is 110 Å². The van der Waals surface area contributed by atoms with E-state index in [1.54, 1.807) is 0 Å². The first kappa shape index (κ1) is 12.2. The minimum absolute atomic E-state index is 0.584. The summed E-state index contributed by atoms with van der Waals surface area (Å²) in [7, 11) is 2.06. The molecule has 1 N–H and O–H groups in total. The van der Waals surface area contributed by atoms with Crippen LogP contribution < -0.4 is 5.32 Å². The zero-order chi connectivity index (χ0) is 12.9. The van der Waals surface area contributed by atoms with Crippen LogP contribution in [0.5, 0.6) is 0 Å². The van der Waals surface area contributed by atoms with Crippen molar-refractivity contribution >= 4 is 0 Å². The fourth-order valence-corrected chi connectivity index (χ4v) is 4.21. The van der Waals surface area contributed by atoms with E-state index in [4.69, 9.17) is 0 Å². The lowest BCUT2D eigenvalue weighted by Crippen LogP contribution is -2.59. The first-order chi connectivity index (χ1) is 8.50. The number of nitrogens with one attached hydrogen (secondary N) is 1. The topological polar surface area (TPSA) is 29.9 Å². The Kier molecular flexibility index (Phi) is 2.77. The molecule has 3 nitrogen and oxygen atoms in total. The average Bonchev–Trinajstić information content (AvgIpc) is 2.73. The summed E-state index contributed by atoms with van der Waals surface area (Å²) >= 11 is 0. The van der Waals surface area contributed by atoms with Crippen molar-refractivity contribution in [3.63, 3.8) is 0 Å². The molecule has 18 heavy (non-hydrogen) atoms. The van der Waals surface area contributed by atoms with Gasteiger partial charge < -0.3 is 9.88 Å². The molecule has 1 aromatic heterocycles. The van der Waals surface area contributed by atoms with E-state index in [1.165, 1.54) is 12.8 Å². The summed E-state index contributed by atoms with van der Waals surface area (Å²) in [5.74, 6) is 3.78. The van der Waals surface area contributed by atoms with E-state index in [0.29, 0.717) is 11.5 Å². The highest BCUT2D eigenvalue weighted by Gasteiger charge is 2.55. The number of rotatable bonds is 3. The highest BCUT2D eigenvalue weighted by molar-refractivity contribution is 5.07. The van der Waals surface area contributed by atoms with Crippen LogP contribution in [0.25, 0.3) is 0 Å². The maximum Gasteiger partial charge on any atom is 0.122 e. The fourth-order valence-electron chi connectivity index (χ4n) is 4.21. The van der Waals surface area contributed by atoms with E-state index in [2.05, 4.69) is 42.7 Å². The first-order valence-electron chi connectivity index (χ1n) is 7.19. The molecule has 3 saturated carbocycles. The predicted molar refractivity (Wildman–Crippen MR) is 73.0 cm³/mol. The van der Waals surface area contributed by atoms with Gasteiger partial charge in [0.25, 0.3) is 0 Å². The smallest absolute Gasteiger partial charge is 0.122 e. The quantitative estimate of drug-likeness (QED) is 0.889. The molecule has 2 bridgehead atoms. The molecule has 4 atom stereocenters. The molecule has 3 fully saturated rings. The molecule has 1 unspecified atom stereocenters. The zero-order valence-electron chi connectivity index (χ0n) is 12.0. The number of fused-ring (bicyclic) bond motifs is 2. The first-order valence-corrected chi connectivity index (χ1v) is 7.19. The normalized spacial score (nSPS) is 37.3. The molecule has 100 valence electrons. The zero-order valence-corrected chi connectivity index (χ0v) is 12.0. The molecule has 4 rings (SSSR count). The summed E-state index contributed by atoms with van der Waals surface area (Å²) in [4.78, 5) is 4.38. The van der Waals surface area contributed by atoms with Gasteiger partial charge in [0, 0.05) is 25.5 Å².